The van der Waals surface area contributed by atoms with Crippen molar-refractivity contribution in [3.63, 3.8) is 0 Å². The Morgan fingerprint density at radius 3 is 2.73 bits per heavy atom. The summed E-state index contributed by atoms with van der Waals surface area (Å²) in [6.07, 6.45) is -0.488. The van der Waals surface area contributed by atoms with Gasteiger partial charge < -0.3 is 14.8 Å². The first kappa shape index (κ1) is 16.3. The number of nitrogens with zero attached hydrogens (tertiary/aromatic N) is 3. The van der Waals surface area contributed by atoms with Crippen molar-refractivity contribution in [2.24, 2.45) is 0 Å². The quantitative estimate of drug-likeness (QED) is 0.761. The number of para-hydroxylation sites is 1. The Morgan fingerprint density at radius 2 is 2.00 bits per heavy atom. The van der Waals surface area contributed by atoms with Crippen molar-refractivity contribution in [3.8, 4) is 11.5 Å². The Labute approximate surface area is 154 Å². The topological polar surface area (TPSA) is 76.6 Å². The third kappa shape index (κ3) is 2.64. The lowest BCUT2D eigenvalue weighted by Crippen LogP contribution is -2.43. The molecule has 2 heterocycles. The molecule has 2 aromatic carbocycles. The molecule has 1 amide bonds. The third-order valence-corrected chi connectivity index (χ3v) is 4.75. The number of fused-ring (bicyclic) bond motifs is 1. The number of anilines is 2. The molecule has 132 valence electrons. The lowest BCUT2D eigenvalue weighted by molar-refractivity contribution is 0.0973. The molecule has 1 atom stereocenters. The Bertz CT molecular complexity index is 945. The molecule has 0 fully saturated rings. The standard InChI is InChI=1S/C18H16N4O3S/c1-24-11-7-8-15(16(9-11)25-2)22-17(14-10-26-21-20-14)19-13-6-4-3-5-12(13)18(22)23/h3-10,17,19H,1-2H3/t17-/m0/s1. The smallest absolute Gasteiger partial charge is 0.262 e. The zero-order chi connectivity index (χ0) is 18.1. The Hall–Kier alpha value is -3.13. The number of carbonyl (C=O) groups is 1. The number of amides is 1. The number of aromatic nitrogens is 2. The highest BCUT2D eigenvalue weighted by molar-refractivity contribution is 7.03. The minimum absolute atomic E-state index is 0.138. The van der Waals surface area contributed by atoms with E-state index in [9.17, 15) is 4.79 Å². The van der Waals surface area contributed by atoms with Gasteiger partial charge in [0.05, 0.1) is 25.5 Å². The van der Waals surface area contributed by atoms with Crippen molar-refractivity contribution in [1.82, 2.24) is 9.59 Å². The van der Waals surface area contributed by atoms with Crippen molar-refractivity contribution in [2.45, 2.75) is 6.17 Å². The van der Waals surface area contributed by atoms with Crippen LogP contribution in [0.1, 0.15) is 22.2 Å². The zero-order valence-corrected chi connectivity index (χ0v) is 15.0. The molecule has 1 aromatic heterocycles. The van der Waals surface area contributed by atoms with Crippen molar-refractivity contribution >= 4 is 28.8 Å². The molecule has 26 heavy (non-hydrogen) atoms. The molecule has 0 radical (unpaired) electrons. The predicted molar refractivity (Wildman–Crippen MR) is 99.1 cm³/mol. The van der Waals surface area contributed by atoms with Crippen LogP contribution in [0, 0.1) is 0 Å². The largest absolute Gasteiger partial charge is 0.497 e. The first-order chi connectivity index (χ1) is 12.7. The lowest BCUT2D eigenvalue weighted by Gasteiger charge is -2.37. The van der Waals surface area contributed by atoms with Gasteiger partial charge >= 0.3 is 0 Å². The minimum atomic E-state index is -0.488. The summed E-state index contributed by atoms with van der Waals surface area (Å²) in [7, 11) is 3.15. The van der Waals surface area contributed by atoms with Crippen LogP contribution in [0.15, 0.2) is 47.8 Å². The monoisotopic (exact) mass is 368 g/mol. The van der Waals surface area contributed by atoms with Gasteiger partial charge in [0, 0.05) is 17.1 Å². The van der Waals surface area contributed by atoms with E-state index in [1.807, 2.05) is 23.6 Å². The molecule has 4 rings (SSSR count). The van der Waals surface area contributed by atoms with Gasteiger partial charge in [-0.3, -0.25) is 9.69 Å². The molecule has 0 aliphatic carbocycles. The van der Waals surface area contributed by atoms with E-state index < -0.39 is 6.17 Å². The SMILES string of the molecule is COc1ccc(N2C(=O)c3ccccc3N[C@@H]2c2csnn2)c(OC)c1. The molecule has 7 nitrogen and oxygen atoms in total. The van der Waals surface area contributed by atoms with E-state index in [1.165, 1.54) is 11.5 Å². The summed E-state index contributed by atoms with van der Waals surface area (Å²) in [4.78, 5) is 14.9. The molecule has 0 spiro atoms. The van der Waals surface area contributed by atoms with E-state index in [4.69, 9.17) is 9.47 Å². The average molecular weight is 368 g/mol. The second-order valence-corrected chi connectivity index (χ2v) is 6.24. The van der Waals surface area contributed by atoms with Crippen LogP contribution in [0.3, 0.4) is 0 Å². The number of benzene rings is 2. The van der Waals surface area contributed by atoms with Gasteiger partial charge in [-0.25, -0.2) is 0 Å². The minimum Gasteiger partial charge on any atom is -0.497 e. The van der Waals surface area contributed by atoms with Gasteiger partial charge in [-0.05, 0) is 35.8 Å². The van der Waals surface area contributed by atoms with E-state index in [0.717, 1.165) is 5.69 Å². The van der Waals surface area contributed by atoms with Crippen LogP contribution < -0.4 is 19.7 Å². The maximum atomic E-state index is 13.3. The van der Waals surface area contributed by atoms with E-state index in [-0.39, 0.29) is 5.91 Å². The normalized spacial score (nSPS) is 16.0. The fourth-order valence-corrected chi connectivity index (χ4v) is 3.46. The van der Waals surface area contributed by atoms with Crippen LogP contribution in [0.4, 0.5) is 11.4 Å². The second-order valence-electron chi connectivity index (χ2n) is 5.64. The summed E-state index contributed by atoms with van der Waals surface area (Å²) >= 11 is 1.24. The predicted octanol–water partition coefficient (Wildman–Crippen LogP) is 3.33. The molecule has 0 bridgehead atoms. The average Bonchev–Trinajstić information content (AvgIpc) is 3.22. The van der Waals surface area contributed by atoms with E-state index in [0.29, 0.717) is 28.4 Å². The molecule has 0 saturated heterocycles. The van der Waals surface area contributed by atoms with E-state index >= 15 is 0 Å². The summed E-state index contributed by atoms with van der Waals surface area (Å²) < 4.78 is 14.7. The summed E-state index contributed by atoms with van der Waals surface area (Å²) in [5.41, 5.74) is 2.64. The molecule has 1 aliphatic heterocycles. The molecule has 0 saturated carbocycles. The van der Waals surface area contributed by atoms with Crippen LogP contribution in [0.2, 0.25) is 0 Å². The number of nitrogens with one attached hydrogen (secondary N) is 1. The fraction of sp³-hybridized carbons (Fsp3) is 0.167. The fourth-order valence-electron chi connectivity index (χ4n) is 2.98. The third-order valence-electron chi connectivity index (χ3n) is 4.23. The molecule has 3 aromatic rings. The molecule has 1 N–H and O–H groups in total. The Kier molecular flexibility index (Phi) is 4.18. The van der Waals surface area contributed by atoms with Gasteiger partial charge in [0.15, 0.2) is 6.17 Å². The van der Waals surface area contributed by atoms with Gasteiger partial charge in [-0.15, -0.1) is 5.10 Å². The first-order valence-corrected chi connectivity index (χ1v) is 8.74. The lowest BCUT2D eigenvalue weighted by atomic mass is 10.1. The summed E-state index contributed by atoms with van der Waals surface area (Å²) in [5, 5.41) is 9.36. The van der Waals surface area contributed by atoms with Gasteiger partial charge in [0.2, 0.25) is 0 Å². The maximum Gasteiger partial charge on any atom is 0.262 e. The van der Waals surface area contributed by atoms with E-state index in [2.05, 4.69) is 14.9 Å². The molecule has 8 heteroatoms. The molecule has 1 aliphatic rings. The van der Waals surface area contributed by atoms with Crippen LogP contribution >= 0.6 is 11.5 Å². The number of hydrogen-bond donors (Lipinski definition) is 1. The summed E-state index contributed by atoms with van der Waals surface area (Å²) in [6.45, 7) is 0. The maximum absolute atomic E-state index is 13.3. The van der Waals surface area contributed by atoms with Crippen molar-refractivity contribution in [2.75, 3.05) is 24.4 Å². The van der Waals surface area contributed by atoms with Crippen LogP contribution in [0.5, 0.6) is 11.5 Å². The first-order valence-electron chi connectivity index (χ1n) is 7.91. The molecule has 0 unspecified atom stereocenters. The highest BCUT2D eigenvalue weighted by Gasteiger charge is 2.36. The summed E-state index contributed by atoms with van der Waals surface area (Å²) in [6, 6.07) is 12.7. The van der Waals surface area contributed by atoms with Gasteiger partial charge in [0.1, 0.15) is 17.2 Å². The number of ether oxygens (including phenoxy) is 2. The zero-order valence-electron chi connectivity index (χ0n) is 14.2. The number of hydrogen-bond acceptors (Lipinski definition) is 7. The molecular formula is C18H16N4O3S. The van der Waals surface area contributed by atoms with Crippen LogP contribution in [0.25, 0.3) is 0 Å². The summed E-state index contributed by atoms with van der Waals surface area (Å²) in [5.74, 6) is 1.04. The van der Waals surface area contributed by atoms with Gasteiger partial charge in [0.25, 0.3) is 5.91 Å². The van der Waals surface area contributed by atoms with Crippen molar-refractivity contribution in [1.29, 1.82) is 0 Å². The van der Waals surface area contributed by atoms with Gasteiger partial charge in [-0.1, -0.05) is 16.6 Å². The van der Waals surface area contributed by atoms with Crippen LogP contribution in [-0.4, -0.2) is 29.7 Å². The number of rotatable bonds is 4. The van der Waals surface area contributed by atoms with Crippen molar-refractivity contribution < 1.29 is 14.3 Å². The van der Waals surface area contributed by atoms with Crippen LogP contribution in [-0.2, 0) is 0 Å². The highest BCUT2D eigenvalue weighted by atomic mass is 32.1. The Balaban J connectivity index is 1.88. The Morgan fingerprint density at radius 1 is 1.15 bits per heavy atom. The van der Waals surface area contributed by atoms with E-state index in [1.54, 1.807) is 43.4 Å². The molecular weight excluding hydrogens is 352 g/mol. The second kappa shape index (κ2) is 6.64. The van der Waals surface area contributed by atoms with Crippen molar-refractivity contribution in [3.05, 3.63) is 59.1 Å². The van der Waals surface area contributed by atoms with Gasteiger partial charge in [-0.2, -0.15) is 0 Å². The number of methoxy groups -OCH3 is 2. The number of carbonyl (C=O) groups excluding carboxylic acids is 1. The highest BCUT2D eigenvalue weighted by Crippen LogP contribution is 2.41.